The maximum Gasteiger partial charge on any atom is 0.420 e. The number of fused-ring (bicyclic) bond motifs is 3. The topological polar surface area (TPSA) is 95.8 Å². The van der Waals surface area contributed by atoms with Gasteiger partial charge in [0.2, 0.25) is 5.95 Å². The Labute approximate surface area is 176 Å². The molecule has 0 aromatic carbocycles. The number of hydrogen-bond acceptors (Lipinski definition) is 6. The van der Waals surface area contributed by atoms with Gasteiger partial charge in [0.1, 0.15) is 17.0 Å². The first-order chi connectivity index (χ1) is 14.4. The van der Waals surface area contributed by atoms with Crippen LogP contribution < -0.4 is 10.6 Å². The molecule has 1 fully saturated rings. The molecule has 1 aliphatic rings. The zero-order valence-electron chi connectivity index (χ0n) is 15.5. The van der Waals surface area contributed by atoms with E-state index in [2.05, 4.69) is 51.8 Å². The average Bonchev–Trinajstić information content (AvgIpc) is 3.26. The number of anilines is 1. The van der Waals surface area contributed by atoms with Crippen molar-refractivity contribution in [3.63, 3.8) is 0 Å². The lowest BCUT2D eigenvalue weighted by Crippen LogP contribution is -2.38. The number of H-pyrrole nitrogens is 1. The molecule has 5 rings (SSSR count). The number of aromatic nitrogens is 6. The average molecular weight is 481 g/mol. The molecule has 1 aliphatic heterocycles. The van der Waals surface area contributed by atoms with Gasteiger partial charge < -0.3 is 10.6 Å². The first-order valence-corrected chi connectivity index (χ1v) is 10.1. The van der Waals surface area contributed by atoms with Crippen LogP contribution in [0.1, 0.15) is 18.4 Å². The molecule has 8 nitrogen and oxygen atoms in total. The molecule has 156 valence electrons. The first-order valence-electron chi connectivity index (χ1n) is 9.34. The molecule has 5 heterocycles. The predicted octanol–water partition coefficient (Wildman–Crippen LogP) is 3.61. The highest BCUT2D eigenvalue weighted by molar-refractivity contribution is 9.10. The molecule has 0 unspecified atom stereocenters. The van der Waals surface area contributed by atoms with E-state index in [1.54, 1.807) is 22.8 Å². The summed E-state index contributed by atoms with van der Waals surface area (Å²) in [5.74, 6) is 0.141. The van der Waals surface area contributed by atoms with Gasteiger partial charge in [-0.25, -0.2) is 14.5 Å². The summed E-state index contributed by atoms with van der Waals surface area (Å²) in [5, 5.41) is 18.0. The summed E-state index contributed by atoms with van der Waals surface area (Å²) in [6, 6.07) is 3.61. The van der Waals surface area contributed by atoms with Crippen LogP contribution in [0.5, 0.6) is 0 Å². The highest BCUT2D eigenvalue weighted by Gasteiger charge is 2.37. The lowest BCUT2D eigenvalue weighted by molar-refractivity contribution is -0.137. The van der Waals surface area contributed by atoms with Crippen LogP contribution in [0, 0.1) is 0 Å². The van der Waals surface area contributed by atoms with E-state index in [9.17, 15) is 13.2 Å². The number of halogens is 4. The molecule has 0 bridgehead atoms. The Morgan fingerprint density at radius 2 is 2.10 bits per heavy atom. The summed E-state index contributed by atoms with van der Waals surface area (Å²) < 4.78 is 43.6. The van der Waals surface area contributed by atoms with Gasteiger partial charge in [-0.1, -0.05) is 0 Å². The number of pyridine rings is 1. The predicted molar refractivity (Wildman–Crippen MR) is 108 cm³/mol. The number of alkyl halides is 3. The molecule has 0 aliphatic carbocycles. The van der Waals surface area contributed by atoms with Gasteiger partial charge in [-0.2, -0.15) is 18.3 Å². The maximum absolute atomic E-state index is 13.7. The fourth-order valence-electron chi connectivity index (χ4n) is 3.67. The zero-order chi connectivity index (χ0) is 20.9. The standard InChI is InChI=1S/C18H16BrF3N8/c19-9-3-4-12-13-15(27-28-16(13)29-30(12)8-9)14-11(18(20,21)22)7-24-17(26-14)25-10-2-1-5-23-6-10/h3-4,7-8,10,23H,1-2,5-6H2,(H,28,29)(H,24,25,26)/t10-/m0/s1. The van der Waals surface area contributed by atoms with Gasteiger partial charge in [0, 0.05) is 29.5 Å². The largest absolute Gasteiger partial charge is 0.420 e. The summed E-state index contributed by atoms with van der Waals surface area (Å²) >= 11 is 3.37. The number of aromatic amines is 1. The Morgan fingerprint density at radius 1 is 1.23 bits per heavy atom. The van der Waals surface area contributed by atoms with Crippen molar-refractivity contribution in [1.82, 2.24) is 35.1 Å². The molecule has 0 saturated carbocycles. The Balaban J connectivity index is 1.66. The van der Waals surface area contributed by atoms with Crippen molar-refractivity contribution in [2.24, 2.45) is 0 Å². The van der Waals surface area contributed by atoms with E-state index in [0.29, 0.717) is 23.1 Å². The number of nitrogens with zero attached hydrogens (tertiary/aromatic N) is 5. The molecule has 30 heavy (non-hydrogen) atoms. The monoisotopic (exact) mass is 480 g/mol. The molecule has 0 amide bonds. The summed E-state index contributed by atoms with van der Waals surface area (Å²) in [7, 11) is 0. The van der Waals surface area contributed by atoms with Gasteiger partial charge in [0.25, 0.3) is 0 Å². The molecular weight excluding hydrogens is 465 g/mol. The fourth-order valence-corrected chi connectivity index (χ4v) is 3.99. The third-order valence-electron chi connectivity index (χ3n) is 5.05. The van der Waals surface area contributed by atoms with Crippen molar-refractivity contribution in [2.45, 2.75) is 25.1 Å². The molecular formula is C18H16BrF3N8. The molecule has 3 N–H and O–H groups in total. The van der Waals surface area contributed by atoms with Crippen molar-refractivity contribution in [3.8, 4) is 11.4 Å². The van der Waals surface area contributed by atoms with Gasteiger partial charge in [-0.15, -0.1) is 5.10 Å². The van der Waals surface area contributed by atoms with Crippen molar-refractivity contribution in [2.75, 3.05) is 18.4 Å². The lowest BCUT2D eigenvalue weighted by Gasteiger charge is -2.24. The summed E-state index contributed by atoms with van der Waals surface area (Å²) in [6.07, 6.45) is -0.229. The minimum absolute atomic E-state index is 0.0527. The number of rotatable bonds is 3. The first kappa shape index (κ1) is 19.2. The van der Waals surface area contributed by atoms with Crippen molar-refractivity contribution in [3.05, 3.63) is 34.6 Å². The number of hydrogen-bond donors (Lipinski definition) is 3. The molecule has 1 atom stereocenters. The molecule has 4 aromatic heterocycles. The summed E-state index contributed by atoms with van der Waals surface area (Å²) in [6.45, 7) is 1.63. The van der Waals surface area contributed by atoms with Crippen LogP contribution in [0.25, 0.3) is 27.9 Å². The minimum Gasteiger partial charge on any atom is -0.350 e. The van der Waals surface area contributed by atoms with E-state index >= 15 is 0 Å². The van der Waals surface area contributed by atoms with Crippen LogP contribution in [0.3, 0.4) is 0 Å². The highest BCUT2D eigenvalue weighted by Crippen LogP contribution is 2.38. The van der Waals surface area contributed by atoms with Crippen LogP contribution >= 0.6 is 15.9 Å². The quantitative estimate of drug-likeness (QED) is 0.414. The molecule has 12 heteroatoms. The Hall–Kier alpha value is -2.73. The Kier molecular flexibility index (Phi) is 4.62. The van der Waals surface area contributed by atoms with Crippen LogP contribution in [0.4, 0.5) is 19.1 Å². The van der Waals surface area contributed by atoms with E-state index in [1.165, 1.54) is 0 Å². The SMILES string of the molecule is FC(F)(F)c1cnc(N[C@H]2CCCNC2)nc1-c1n[nH]c2nn3cc(Br)ccc3c12. The van der Waals surface area contributed by atoms with Crippen molar-refractivity contribution < 1.29 is 13.2 Å². The lowest BCUT2D eigenvalue weighted by atomic mass is 10.1. The van der Waals surface area contributed by atoms with E-state index in [4.69, 9.17) is 0 Å². The third kappa shape index (κ3) is 3.39. The van der Waals surface area contributed by atoms with Crippen LogP contribution in [0.2, 0.25) is 0 Å². The smallest absolute Gasteiger partial charge is 0.350 e. The molecule has 1 saturated heterocycles. The molecule has 4 aromatic rings. The maximum atomic E-state index is 13.7. The minimum atomic E-state index is -4.63. The van der Waals surface area contributed by atoms with Gasteiger partial charge in [0.15, 0.2) is 5.65 Å². The second-order valence-electron chi connectivity index (χ2n) is 7.11. The zero-order valence-corrected chi connectivity index (χ0v) is 17.0. The number of nitrogens with one attached hydrogen (secondary N) is 3. The Bertz CT molecular complexity index is 1230. The van der Waals surface area contributed by atoms with E-state index in [-0.39, 0.29) is 23.4 Å². The highest BCUT2D eigenvalue weighted by atomic mass is 79.9. The van der Waals surface area contributed by atoms with Crippen LogP contribution in [-0.2, 0) is 6.18 Å². The third-order valence-corrected chi connectivity index (χ3v) is 5.52. The second-order valence-corrected chi connectivity index (χ2v) is 8.03. The van der Waals surface area contributed by atoms with Gasteiger partial charge >= 0.3 is 6.18 Å². The van der Waals surface area contributed by atoms with Crippen molar-refractivity contribution in [1.29, 1.82) is 0 Å². The Morgan fingerprint density at radius 3 is 2.87 bits per heavy atom. The van der Waals surface area contributed by atoms with Gasteiger partial charge in [-0.05, 0) is 47.4 Å². The van der Waals surface area contributed by atoms with Gasteiger partial charge in [-0.3, -0.25) is 5.10 Å². The summed E-state index contributed by atoms with van der Waals surface area (Å²) in [4.78, 5) is 8.15. The van der Waals surface area contributed by atoms with Crippen molar-refractivity contribution >= 4 is 38.4 Å². The number of piperidine rings is 1. The van der Waals surface area contributed by atoms with Gasteiger partial charge in [0.05, 0.1) is 10.9 Å². The second kappa shape index (κ2) is 7.20. The normalized spacial score (nSPS) is 17.7. The van der Waals surface area contributed by atoms with Crippen LogP contribution in [0.15, 0.2) is 29.0 Å². The fraction of sp³-hybridized carbons (Fsp3) is 0.333. The van der Waals surface area contributed by atoms with E-state index in [0.717, 1.165) is 30.1 Å². The van der Waals surface area contributed by atoms with E-state index in [1.807, 2.05) is 0 Å². The summed E-state index contributed by atoms with van der Waals surface area (Å²) in [5.41, 5.74) is -0.148. The van der Waals surface area contributed by atoms with E-state index < -0.39 is 11.7 Å². The molecule has 0 radical (unpaired) electrons. The molecule has 0 spiro atoms. The van der Waals surface area contributed by atoms with Crippen LogP contribution in [-0.4, -0.2) is 48.9 Å².